The lowest BCUT2D eigenvalue weighted by Gasteiger charge is -2.21. The molecule has 0 unspecified atom stereocenters. The van der Waals surface area contributed by atoms with E-state index in [1.807, 2.05) is 11.8 Å². The Morgan fingerprint density at radius 1 is 1.53 bits per heavy atom. The lowest BCUT2D eigenvalue weighted by molar-refractivity contribution is 0.285. The largest absolute Gasteiger partial charge is 0.494 e. The summed E-state index contributed by atoms with van der Waals surface area (Å²) in [5, 5.41) is 11.5. The molecule has 0 saturated carbocycles. The van der Waals surface area contributed by atoms with Gasteiger partial charge in [0.2, 0.25) is 0 Å². The molecule has 5 nitrogen and oxygen atoms in total. The maximum Gasteiger partial charge on any atom is 0.165 e. The molecule has 19 heavy (non-hydrogen) atoms. The molecule has 6 heteroatoms. The van der Waals surface area contributed by atoms with E-state index in [9.17, 15) is 4.39 Å². The van der Waals surface area contributed by atoms with Crippen LogP contribution in [0, 0.1) is 5.82 Å². The van der Waals surface area contributed by atoms with Crippen molar-refractivity contribution in [2.45, 2.75) is 19.9 Å². The first-order valence-electron chi connectivity index (χ1n) is 6.11. The average Bonchev–Trinajstić information content (AvgIpc) is 2.39. The second-order valence-electron chi connectivity index (χ2n) is 4.27. The molecular weight excluding hydrogens is 249 g/mol. The molecule has 1 aromatic carbocycles. The maximum absolute atomic E-state index is 13.6. The Morgan fingerprint density at radius 3 is 2.79 bits per heavy atom. The van der Waals surface area contributed by atoms with E-state index in [1.54, 1.807) is 12.1 Å². The predicted molar refractivity (Wildman–Crippen MR) is 71.9 cm³/mol. The van der Waals surface area contributed by atoms with Crippen LogP contribution in [0.1, 0.15) is 18.9 Å². The first kappa shape index (κ1) is 15.2. The minimum absolute atomic E-state index is 0.141. The Balaban J connectivity index is 2.75. The summed E-state index contributed by atoms with van der Waals surface area (Å²) in [6, 6.07) is 4.84. The van der Waals surface area contributed by atoms with Gasteiger partial charge in [-0.05, 0) is 30.7 Å². The van der Waals surface area contributed by atoms with Gasteiger partial charge in [0.1, 0.15) is 0 Å². The number of oxime groups is 1. The molecule has 0 saturated heterocycles. The number of hydrogen-bond acceptors (Lipinski definition) is 4. The second kappa shape index (κ2) is 7.58. The number of rotatable bonds is 7. The molecule has 1 rings (SSSR count). The van der Waals surface area contributed by atoms with E-state index in [4.69, 9.17) is 15.7 Å². The fourth-order valence-electron chi connectivity index (χ4n) is 1.86. The monoisotopic (exact) mass is 269 g/mol. The van der Waals surface area contributed by atoms with Crippen LogP contribution in [0.3, 0.4) is 0 Å². The second-order valence-corrected chi connectivity index (χ2v) is 4.27. The van der Waals surface area contributed by atoms with Crippen molar-refractivity contribution in [3.8, 4) is 5.75 Å². The van der Waals surface area contributed by atoms with E-state index in [2.05, 4.69) is 5.16 Å². The zero-order chi connectivity index (χ0) is 14.3. The van der Waals surface area contributed by atoms with Gasteiger partial charge in [0.25, 0.3) is 0 Å². The van der Waals surface area contributed by atoms with Crippen molar-refractivity contribution in [3.05, 3.63) is 29.6 Å². The van der Waals surface area contributed by atoms with Gasteiger partial charge in [-0.25, -0.2) is 4.39 Å². The highest BCUT2D eigenvalue weighted by Gasteiger charge is 2.10. The number of halogens is 1. The molecule has 0 fully saturated rings. The normalized spacial score (nSPS) is 11.9. The summed E-state index contributed by atoms with van der Waals surface area (Å²) in [5.41, 5.74) is 6.31. The van der Waals surface area contributed by atoms with E-state index in [0.717, 1.165) is 18.5 Å². The number of ether oxygens (including phenoxy) is 1. The van der Waals surface area contributed by atoms with Crippen LogP contribution >= 0.6 is 0 Å². The van der Waals surface area contributed by atoms with Crippen molar-refractivity contribution < 1.29 is 14.3 Å². The van der Waals surface area contributed by atoms with Gasteiger partial charge in [-0.15, -0.1) is 0 Å². The highest BCUT2D eigenvalue weighted by atomic mass is 19.1. The van der Waals surface area contributed by atoms with Crippen LogP contribution in [0.2, 0.25) is 0 Å². The molecule has 0 aliphatic rings. The van der Waals surface area contributed by atoms with Crippen molar-refractivity contribution in [1.29, 1.82) is 0 Å². The average molecular weight is 269 g/mol. The summed E-state index contributed by atoms with van der Waals surface area (Å²) >= 11 is 0. The van der Waals surface area contributed by atoms with Crippen LogP contribution in [0.5, 0.6) is 5.75 Å². The van der Waals surface area contributed by atoms with Gasteiger partial charge < -0.3 is 15.7 Å². The first-order valence-corrected chi connectivity index (χ1v) is 6.11. The summed E-state index contributed by atoms with van der Waals surface area (Å²) in [6.45, 7) is 3.70. The van der Waals surface area contributed by atoms with E-state index in [1.165, 1.54) is 13.2 Å². The zero-order valence-electron chi connectivity index (χ0n) is 11.3. The molecule has 106 valence electrons. The van der Waals surface area contributed by atoms with E-state index >= 15 is 0 Å². The van der Waals surface area contributed by atoms with Gasteiger partial charge in [0, 0.05) is 6.54 Å². The molecular formula is C13H20FN3O2. The Hall–Kier alpha value is -1.82. The van der Waals surface area contributed by atoms with E-state index in [0.29, 0.717) is 13.1 Å². The van der Waals surface area contributed by atoms with E-state index < -0.39 is 0 Å². The fourth-order valence-corrected chi connectivity index (χ4v) is 1.86. The van der Waals surface area contributed by atoms with Crippen LogP contribution in [-0.4, -0.2) is 36.1 Å². The summed E-state index contributed by atoms with van der Waals surface area (Å²) in [7, 11) is 1.43. The lowest BCUT2D eigenvalue weighted by Crippen LogP contribution is -2.34. The molecule has 0 heterocycles. The van der Waals surface area contributed by atoms with Crippen molar-refractivity contribution in [3.63, 3.8) is 0 Å². The molecule has 0 spiro atoms. The Morgan fingerprint density at radius 2 is 2.26 bits per heavy atom. The summed E-state index contributed by atoms with van der Waals surface area (Å²) in [4.78, 5) is 1.98. The van der Waals surface area contributed by atoms with Crippen LogP contribution in [0.15, 0.2) is 23.4 Å². The van der Waals surface area contributed by atoms with Gasteiger partial charge in [-0.2, -0.15) is 0 Å². The standard InChI is InChI=1S/C13H20FN3O2/c1-3-6-17(9-13(15)16-18)8-10-4-5-12(19-2)11(14)7-10/h4-5,7,18H,3,6,8-9H2,1-2H3,(H2,15,16). The Labute approximate surface area is 112 Å². The highest BCUT2D eigenvalue weighted by Crippen LogP contribution is 2.18. The molecule has 3 N–H and O–H groups in total. The van der Waals surface area contributed by atoms with Gasteiger partial charge in [-0.3, -0.25) is 4.90 Å². The SMILES string of the molecule is CCCN(CC(N)=NO)Cc1ccc(OC)c(F)c1. The summed E-state index contributed by atoms with van der Waals surface area (Å²) in [6.07, 6.45) is 0.928. The number of hydrogen-bond donors (Lipinski definition) is 2. The quantitative estimate of drug-likeness (QED) is 0.343. The fraction of sp³-hybridized carbons (Fsp3) is 0.462. The minimum atomic E-state index is -0.389. The molecule has 0 aliphatic heterocycles. The van der Waals surface area contributed by atoms with Crippen LogP contribution in [0.4, 0.5) is 4.39 Å². The number of nitrogens with two attached hydrogens (primary N) is 1. The number of amidine groups is 1. The number of nitrogens with zero attached hydrogens (tertiary/aromatic N) is 2. The van der Waals surface area contributed by atoms with Crippen molar-refractivity contribution in [2.75, 3.05) is 20.2 Å². The number of methoxy groups -OCH3 is 1. The Kier molecular flexibility index (Phi) is 6.08. The van der Waals surface area contributed by atoms with Crippen molar-refractivity contribution in [1.82, 2.24) is 4.90 Å². The summed E-state index contributed by atoms with van der Waals surface area (Å²) < 4.78 is 18.5. The molecule has 0 bridgehead atoms. The van der Waals surface area contributed by atoms with Gasteiger partial charge in [0.15, 0.2) is 17.4 Å². The maximum atomic E-state index is 13.6. The highest BCUT2D eigenvalue weighted by molar-refractivity contribution is 5.81. The van der Waals surface area contributed by atoms with Crippen LogP contribution < -0.4 is 10.5 Å². The third-order valence-corrected chi connectivity index (χ3v) is 2.68. The lowest BCUT2D eigenvalue weighted by atomic mass is 10.2. The predicted octanol–water partition coefficient (Wildman–Crippen LogP) is 1.79. The first-order chi connectivity index (χ1) is 9.10. The minimum Gasteiger partial charge on any atom is -0.494 e. The third-order valence-electron chi connectivity index (χ3n) is 2.68. The molecule has 0 radical (unpaired) electrons. The van der Waals surface area contributed by atoms with Gasteiger partial charge in [0.05, 0.1) is 13.7 Å². The molecule has 0 aromatic heterocycles. The summed E-state index contributed by atoms with van der Waals surface area (Å²) in [5.74, 6) is -0.0232. The topological polar surface area (TPSA) is 71.1 Å². The zero-order valence-corrected chi connectivity index (χ0v) is 11.3. The van der Waals surface area contributed by atoms with Gasteiger partial charge >= 0.3 is 0 Å². The van der Waals surface area contributed by atoms with Gasteiger partial charge in [-0.1, -0.05) is 18.1 Å². The van der Waals surface area contributed by atoms with Crippen molar-refractivity contribution >= 4 is 5.84 Å². The molecule has 0 amide bonds. The Bertz CT molecular complexity index is 438. The molecule has 1 aromatic rings. The smallest absolute Gasteiger partial charge is 0.165 e. The van der Waals surface area contributed by atoms with Crippen LogP contribution in [0.25, 0.3) is 0 Å². The molecule has 0 aliphatic carbocycles. The third kappa shape index (κ3) is 4.75. The van der Waals surface area contributed by atoms with Crippen molar-refractivity contribution in [2.24, 2.45) is 10.9 Å². The molecule has 0 atom stereocenters. The number of benzene rings is 1. The van der Waals surface area contributed by atoms with Crippen LogP contribution in [-0.2, 0) is 6.54 Å². The van der Waals surface area contributed by atoms with E-state index in [-0.39, 0.29) is 17.4 Å².